The van der Waals surface area contributed by atoms with Gasteiger partial charge < -0.3 is 10.8 Å². The first-order valence-electron chi connectivity index (χ1n) is 7.35. The summed E-state index contributed by atoms with van der Waals surface area (Å²) in [6.07, 6.45) is 7.10. The minimum absolute atomic E-state index is 0.0389. The molecule has 19 heavy (non-hydrogen) atoms. The van der Waals surface area contributed by atoms with Crippen molar-refractivity contribution in [3.63, 3.8) is 0 Å². The van der Waals surface area contributed by atoms with Gasteiger partial charge in [0.05, 0.1) is 6.10 Å². The fraction of sp³-hybridized carbons (Fsp3) is 0.625. The Kier molecular flexibility index (Phi) is 5.86. The Hall–Kier alpha value is -0.380. The van der Waals surface area contributed by atoms with Gasteiger partial charge in [0, 0.05) is 16.9 Å². The molecule has 1 saturated carbocycles. The summed E-state index contributed by atoms with van der Waals surface area (Å²) >= 11 is 3.56. The number of aliphatic hydroxyl groups is 1. The van der Waals surface area contributed by atoms with E-state index in [1.807, 2.05) is 18.2 Å². The van der Waals surface area contributed by atoms with Crippen molar-refractivity contribution in [3.8, 4) is 0 Å². The van der Waals surface area contributed by atoms with Gasteiger partial charge in [-0.3, -0.25) is 0 Å². The van der Waals surface area contributed by atoms with Gasteiger partial charge in [0.1, 0.15) is 0 Å². The van der Waals surface area contributed by atoms with Gasteiger partial charge in [0.15, 0.2) is 0 Å². The Balaban J connectivity index is 1.94. The zero-order valence-corrected chi connectivity index (χ0v) is 13.0. The molecule has 2 unspecified atom stereocenters. The second-order valence-corrected chi connectivity index (χ2v) is 6.51. The predicted octanol–water partition coefficient (Wildman–Crippen LogP) is 3.82. The summed E-state index contributed by atoms with van der Waals surface area (Å²) in [5, 5.41) is 10.4. The van der Waals surface area contributed by atoms with E-state index in [-0.39, 0.29) is 12.0 Å². The summed E-state index contributed by atoms with van der Waals surface area (Å²) in [7, 11) is 0. The molecule has 0 spiro atoms. The van der Waals surface area contributed by atoms with Gasteiger partial charge in [-0.25, -0.2) is 0 Å². The third-order valence-corrected chi connectivity index (χ3v) is 5.09. The molecule has 3 N–H and O–H groups in total. The number of nitrogens with two attached hydrogens (primary N) is 1. The molecule has 2 rings (SSSR count). The van der Waals surface area contributed by atoms with Crippen molar-refractivity contribution < 1.29 is 5.11 Å². The normalized spacial score (nSPS) is 19.5. The number of benzene rings is 1. The van der Waals surface area contributed by atoms with Crippen LogP contribution >= 0.6 is 15.9 Å². The van der Waals surface area contributed by atoms with Crippen molar-refractivity contribution in [1.29, 1.82) is 0 Å². The monoisotopic (exact) mass is 325 g/mol. The highest BCUT2D eigenvalue weighted by molar-refractivity contribution is 9.10. The topological polar surface area (TPSA) is 46.2 Å². The molecule has 0 heterocycles. The minimum atomic E-state index is -0.329. The molecule has 0 saturated heterocycles. The predicted molar refractivity (Wildman–Crippen MR) is 83.1 cm³/mol. The van der Waals surface area contributed by atoms with Crippen LogP contribution in [0.1, 0.15) is 50.0 Å². The molecule has 1 aliphatic carbocycles. The molecule has 106 valence electrons. The van der Waals surface area contributed by atoms with Gasteiger partial charge >= 0.3 is 0 Å². The lowest BCUT2D eigenvalue weighted by atomic mass is 9.88. The summed E-state index contributed by atoms with van der Waals surface area (Å²) in [6.45, 7) is 0.494. The van der Waals surface area contributed by atoms with Crippen molar-refractivity contribution >= 4 is 15.9 Å². The SMILES string of the molecule is NCC(c1ccccc1Br)C(O)CCC1CCCC1. The molecule has 3 heteroatoms. The van der Waals surface area contributed by atoms with E-state index in [1.54, 1.807) is 0 Å². The molecule has 1 aromatic rings. The van der Waals surface area contributed by atoms with E-state index in [0.29, 0.717) is 6.54 Å². The number of aliphatic hydroxyl groups excluding tert-OH is 1. The highest BCUT2D eigenvalue weighted by Gasteiger charge is 2.23. The lowest BCUT2D eigenvalue weighted by Gasteiger charge is -2.24. The van der Waals surface area contributed by atoms with Gasteiger partial charge in [-0.1, -0.05) is 59.8 Å². The molecule has 1 aliphatic rings. The Labute approximate surface area is 124 Å². The van der Waals surface area contributed by atoms with E-state index in [1.165, 1.54) is 25.7 Å². The van der Waals surface area contributed by atoms with Crippen LogP contribution in [0.5, 0.6) is 0 Å². The maximum absolute atomic E-state index is 10.4. The maximum atomic E-state index is 10.4. The van der Waals surface area contributed by atoms with Crippen molar-refractivity contribution in [2.75, 3.05) is 6.54 Å². The summed E-state index contributed by atoms with van der Waals surface area (Å²) in [4.78, 5) is 0. The fourth-order valence-electron chi connectivity index (χ4n) is 3.17. The molecule has 0 bridgehead atoms. The number of hydrogen-bond acceptors (Lipinski definition) is 2. The van der Waals surface area contributed by atoms with Gasteiger partial charge in [0.2, 0.25) is 0 Å². The van der Waals surface area contributed by atoms with E-state index in [0.717, 1.165) is 28.8 Å². The zero-order valence-electron chi connectivity index (χ0n) is 11.4. The van der Waals surface area contributed by atoms with Crippen LogP contribution in [-0.4, -0.2) is 17.8 Å². The Morgan fingerprint density at radius 3 is 2.58 bits per heavy atom. The van der Waals surface area contributed by atoms with E-state index >= 15 is 0 Å². The Morgan fingerprint density at radius 2 is 1.95 bits per heavy atom. The molecular weight excluding hydrogens is 302 g/mol. The first-order chi connectivity index (χ1) is 9.22. The smallest absolute Gasteiger partial charge is 0.0621 e. The lowest BCUT2D eigenvalue weighted by molar-refractivity contribution is 0.127. The molecular formula is C16H24BrNO. The Bertz CT molecular complexity index is 390. The lowest BCUT2D eigenvalue weighted by Crippen LogP contribution is -2.26. The van der Waals surface area contributed by atoms with E-state index in [2.05, 4.69) is 22.0 Å². The number of halogens is 1. The summed E-state index contributed by atoms with van der Waals surface area (Å²) in [5.74, 6) is 0.865. The van der Waals surface area contributed by atoms with E-state index in [4.69, 9.17) is 5.73 Å². The highest BCUT2D eigenvalue weighted by Crippen LogP contribution is 2.32. The largest absolute Gasteiger partial charge is 0.392 e. The molecule has 0 aliphatic heterocycles. The van der Waals surface area contributed by atoms with Crippen molar-refractivity contribution in [2.24, 2.45) is 11.7 Å². The quantitative estimate of drug-likeness (QED) is 0.835. The van der Waals surface area contributed by atoms with Gasteiger partial charge in [-0.2, -0.15) is 0 Å². The van der Waals surface area contributed by atoms with Gasteiger partial charge in [0.25, 0.3) is 0 Å². The second kappa shape index (κ2) is 7.41. The molecule has 2 atom stereocenters. The molecule has 1 aromatic carbocycles. The first-order valence-corrected chi connectivity index (χ1v) is 8.14. The fourth-order valence-corrected chi connectivity index (χ4v) is 3.75. The van der Waals surface area contributed by atoms with Crippen molar-refractivity contribution in [3.05, 3.63) is 34.3 Å². The molecule has 2 nitrogen and oxygen atoms in total. The standard InChI is InChI=1S/C16H24BrNO/c17-15-8-4-3-7-13(15)14(11-18)16(19)10-9-12-5-1-2-6-12/h3-4,7-8,12,14,16,19H,1-2,5-6,9-11,18H2. The van der Waals surface area contributed by atoms with Crippen LogP contribution in [0.2, 0.25) is 0 Å². The number of rotatable bonds is 6. The van der Waals surface area contributed by atoms with E-state index in [9.17, 15) is 5.11 Å². The van der Waals surface area contributed by atoms with Crippen LogP contribution in [0.4, 0.5) is 0 Å². The van der Waals surface area contributed by atoms with Crippen molar-refractivity contribution in [2.45, 2.75) is 50.5 Å². The summed E-state index contributed by atoms with van der Waals surface area (Å²) in [5.41, 5.74) is 7.01. The van der Waals surface area contributed by atoms with Crippen LogP contribution in [0.3, 0.4) is 0 Å². The average molecular weight is 326 g/mol. The summed E-state index contributed by atoms with van der Waals surface area (Å²) < 4.78 is 1.05. The third kappa shape index (κ3) is 4.04. The first kappa shape index (κ1) is 15.0. The second-order valence-electron chi connectivity index (χ2n) is 5.66. The highest BCUT2D eigenvalue weighted by atomic mass is 79.9. The average Bonchev–Trinajstić information content (AvgIpc) is 2.92. The Morgan fingerprint density at radius 1 is 1.26 bits per heavy atom. The van der Waals surface area contributed by atoms with Crippen LogP contribution in [0.15, 0.2) is 28.7 Å². The number of hydrogen-bond donors (Lipinski definition) is 2. The molecule has 1 fully saturated rings. The van der Waals surface area contributed by atoms with Crippen LogP contribution in [-0.2, 0) is 0 Å². The zero-order chi connectivity index (χ0) is 13.7. The minimum Gasteiger partial charge on any atom is -0.392 e. The van der Waals surface area contributed by atoms with Crippen molar-refractivity contribution in [1.82, 2.24) is 0 Å². The molecule has 0 radical (unpaired) electrons. The van der Waals surface area contributed by atoms with Gasteiger partial charge in [-0.05, 0) is 30.4 Å². The van der Waals surface area contributed by atoms with Crippen LogP contribution < -0.4 is 5.73 Å². The third-order valence-electron chi connectivity index (χ3n) is 4.37. The summed E-state index contributed by atoms with van der Waals surface area (Å²) in [6, 6.07) is 8.07. The molecule has 0 amide bonds. The maximum Gasteiger partial charge on any atom is 0.0621 e. The molecule has 0 aromatic heterocycles. The van der Waals surface area contributed by atoms with Crippen LogP contribution in [0, 0.1) is 5.92 Å². The van der Waals surface area contributed by atoms with Gasteiger partial charge in [-0.15, -0.1) is 0 Å². The van der Waals surface area contributed by atoms with E-state index < -0.39 is 0 Å². The van der Waals surface area contributed by atoms with Crippen LogP contribution in [0.25, 0.3) is 0 Å².